The maximum atomic E-state index is 12.4. The van der Waals surface area contributed by atoms with Crippen LogP contribution < -0.4 is 9.46 Å². The molecule has 0 spiro atoms. The summed E-state index contributed by atoms with van der Waals surface area (Å²) in [5.41, 5.74) is 3.73. The van der Waals surface area contributed by atoms with Gasteiger partial charge in [-0.1, -0.05) is 29.8 Å². The van der Waals surface area contributed by atoms with Crippen LogP contribution >= 0.6 is 0 Å². The Balaban J connectivity index is 1.75. The highest BCUT2D eigenvalue weighted by molar-refractivity contribution is 7.92. The molecule has 0 aromatic heterocycles. The topological polar surface area (TPSA) is 55.4 Å². The first kappa shape index (κ1) is 18.0. The standard InChI is InChI=1S/C21H21NO3S/c1-15-7-13-20(14-8-15)26(23,24)22-18-9-11-19(12-10-18)25-21-6-4-5-16(2)17(21)3/h4-14,22H,1-3H3. The van der Waals surface area contributed by atoms with E-state index in [1.54, 1.807) is 48.5 Å². The molecule has 0 atom stereocenters. The molecule has 0 heterocycles. The summed E-state index contributed by atoms with van der Waals surface area (Å²) >= 11 is 0. The van der Waals surface area contributed by atoms with E-state index in [-0.39, 0.29) is 4.90 Å². The number of ether oxygens (including phenoxy) is 1. The molecule has 0 unspecified atom stereocenters. The minimum Gasteiger partial charge on any atom is -0.457 e. The molecule has 0 radical (unpaired) electrons. The molecule has 3 aromatic rings. The maximum absolute atomic E-state index is 12.4. The van der Waals surface area contributed by atoms with Crippen LogP contribution in [0.2, 0.25) is 0 Å². The Kier molecular flexibility index (Phi) is 5.00. The summed E-state index contributed by atoms with van der Waals surface area (Å²) in [5.74, 6) is 1.44. The highest BCUT2D eigenvalue weighted by Crippen LogP contribution is 2.28. The Labute approximate surface area is 154 Å². The van der Waals surface area contributed by atoms with Crippen molar-refractivity contribution in [3.63, 3.8) is 0 Å². The van der Waals surface area contributed by atoms with Crippen molar-refractivity contribution < 1.29 is 13.2 Å². The first-order valence-corrected chi connectivity index (χ1v) is 9.77. The predicted molar refractivity (Wildman–Crippen MR) is 104 cm³/mol. The van der Waals surface area contributed by atoms with Crippen LogP contribution in [0.5, 0.6) is 11.5 Å². The van der Waals surface area contributed by atoms with Gasteiger partial charge in [-0.25, -0.2) is 8.42 Å². The van der Waals surface area contributed by atoms with Crippen LogP contribution in [0.15, 0.2) is 71.6 Å². The van der Waals surface area contributed by atoms with E-state index in [1.807, 2.05) is 39.0 Å². The van der Waals surface area contributed by atoms with Crippen molar-refractivity contribution in [3.05, 3.63) is 83.4 Å². The van der Waals surface area contributed by atoms with Crippen LogP contribution in [-0.2, 0) is 10.0 Å². The largest absolute Gasteiger partial charge is 0.457 e. The van der Waals surface area contributed by atoms with Crippen molar-refractivity contribution in [3.8, 4) is 11.5 Å². The average molecular weight is 367 g/mol. The fraction of sp³-hybridized carbons (Fsp3) is 0.143. The quantitative estimate of drug-likeness (QED) is 0.674. The van der Waals surface area contributed by atoms with E-state index >= 15 is 0 Å². The third-order valence-corrected chi connectivity index (χ3v) is 5.62. The molecule has 0 saturated heterocycles. The molecule has 1 N–H and O–H groups in total. The van der Waals surface area contributed by atoms with Gasteiger partial charge in [0.15, 0.2) is 0 Å². The zero-order valence-electron chi connectivity index (χ0n) is 15.0. The molecule has 0 aliphatic rings. The van der Waals surface area contributed by atoms with Gasteiger partial charge in [-0.15, -0.1) is 0 Å². The second-order valence-electron chi connectivity index (χ2n) is 6.24. The number of sulfonamides is 1. The van der Waals surface area contributed by atoms with E-state index in [0.29, 0.717) is 11.4 Å². The first-order chi connectivity index (χ1) is 12.3. The van der Waals surface area contributed by atoms with Crippen molar-refractivity contribution in [1.82, 2.24) is 0 Å². The Morgan fingerprint density at radius 3 is 2.12 bits per heavy atom. The maximum Gasteiger partial charge on any atom is 0.261 e. The van der Waals surface area contributed by atoms with E-state index < -0.39 is 10.0 Å². The minimum atomic E-state index is -3.60. The molecule has 0 aliphatic carbocycles. The monoisotopic (exact) mass is 367 g/mol. The Bertz CT molecular complexity index is 1010. The first-order valence-electron chi connectivity index (χ1n) is 8.29. The summed E-state index contributed by atoms with van der Waals surface area (Å²) < 4.78 is 33.3. The molecule has 3 aromatic carbocycles. The highest BCUT2D eigenvalue weighted by atomic mass is 32.2. The second kappa shape index (κ2) is 7.22. The fourth-order valence-electron chi connectivity index (χ4n) is 2.48. The fourth-order valence-corrected chi connectivity index (χ4v) is 3.54. The smallest absolute Gasteiger partial charge is 0.261 e. The third kappa shape index (κ3) is 4.06. The number of nitrogens with one attached hydrogen (secondary N) is 1. The normalized spacial score (nSPS) is 11.2. The van der Waals surface area contributed by atoms with Gasteiger partial charge >= 0.3 is 0 Å². The SMILES string of the molecule is Cc1ccc(S(=O)(=O)Nc2ccc(Oc3cccc(C)c3C)cc2)cc1. The van der Waals surface area contributed by atoms with Crippen molar-refractivity contribution in [2.24, 2.45) is 0 Å². The van der Waals surface area contributed by atoms with Gasteiger partial charge in [0.1, 0.15) is 11.5 Å². The van der Waals surface area contributed by atoms with Crippen molar-refractivity contribution in [2.45, 2.75) is 25.7 Å². The molecular weight excluding hydrogens is 346 g/mol. The molecule has 4 nitrogen and oxygen atoms in total. The van der Waals surface area contributed by atoms with Gasteiger partial charge in [0.05, 0.1) is 4.90 Å². The van der Waals surface area contributed by atoms with Crippen LogP contribution in [0.4, 0.5) is 5.69 Å². The lowest BCUT2D eigenvalue weighted by atomic mass is 10.1. The van der Waals surface area contributed by atoms with E-state index in [0.717, 1.165) is 22.4 Å². The van der Waals surface area contributed by atoms with Gasteiger partial charge < -0.3 is 4.74 Å². The van der Waals surface area contributed by atoms with Crippen LogP contribution in [0.25, 0.3) is 0 Å². The van der Waals surface area contributed by atoms with Crippen molar-refractivity contribution in [2.75, 3.05) is 4.72 Å². The minimum absolute atomic E-state index is 0.235. The lowest BCUT2D eigenvalue weighted by Crippen LogP contribution is -2.12. The number of hydrogen-bond acceptors (Lipinski definition) is 3. The van der Waals surface area contributed by atoms with Gasteiger partial charge in [0.25, 0.3) is 10.0 Å². The summed E-state index contributed by atoms with van der Waals surface area (Å²) in [5, 5.41) is 0. The van der Waals surface area contributed by atoms with Gasteiger partial charge in [-0.2, -0.15) is 0 Å². The summed E-state index contributed by atoms with van der Waals surface area (Å²) in [6.45, 7) is 5.96. The molecule has 3 rings (SSSR count). The van der Waals surface area contributed by atoms with Crippen molar-refractivity contribution >= 4 is 15.7 Å². The number of rotatable bonds is 5. The van der Waals surface area contributed by atoms with Crippen LogP contribution in [0.1, 0.15) is 16.7 Å². The van der Waals surface area contributed by atoms with Crippen LogP contribution in [0.3, 0.4) is 0 Å². The van der Waals surface area contributed by atoms with Gasteiger partial charge in [0.2, 0.25) is 0 Å². The molecule has 5 heteroatoms. The summed E-state index contributed by atoms with van der Waals surface area (Å²) in [6, 6.07) is 19.5. The molecule has 0 saturated carbocycles. The van der Waals surface area contributed by atoms with Crippen LogP contribution in [0, 0.1) is 20.8 Å². The Hall–Kier alpha value is -2.79. The summed E-state index contributed by atoms with van der Waals surface area (Å²) in [6.07, 6.45) is 0. The third-order valence-electron chi connectivity index (χ3n) is 4.22. The van der Waals surface area contributed by atoms with E-state index in [4.69, 9.17) is 4.74 Å². The predicted octanol–water partition coefficient (Wildman–Crippen LogP) is 5.20. The van der Waals surface area contributed by atoms with Gasteiger partial charge in [-0.3, -0.25) is 4.72 Å². The number of hydrogen-bond donors (Lipinski definition) is 1. The lowest BCUT2D eigenvalue weighted by Gasteiger charge is -2.12. The molecule has 0 amide bonds. The molecule has 0 bridgehead atoms. The highest BCUT2D eigenvalue weighted by Gasteiger charge is 2.14. The Morgan fingerprint density at radius 2 is 1.46 bits per heavy atom. The molecule has 134 valence electrons. The van der Waals surface area contributed by atoms with Gasteiger partial charge in [-0.05, 0) is 74.4 Å². The number of anilines is 1. The zero-order chi connectivity index (χ0) is 18.7. The zero-order valence-corrected chi connectivity index (χ0v) is 15.8. The lowest BCUT2D eigenvalue weighted by molar-refractivity contribution is 0.478. The summed E-state index contributed by atoms with van der Waals surface area (Å²) in [7, 11) is -3.60. The van der Waals surface area contributed by atoms with E-state index in [2.05, 4.69) is 4.72 Å². The second-order valence-corrected chi connectivity index (χ2v) is 7.93. The molecular formula is C21H21NO3S. The molecule has 0 aliphatic heterocycles. The number of benzene rings is 3. The van der Waals surface area contributed by atoms with Gasteiger partial charge in [0, 0.05) is 5.69 Å². The average Bonchev–Trinajstić information content (AvgIpc) is 2.61. The van der Waals surface area contributed by atoms with Crippen LogP contribution in [-0.4, -0.2) is 8.42 Å². The molecule has 26 heavy (non-hydrogen) atoms. The van der Waals surface area contributed by atoms with E-state index in [1.165, 1.54) is 0 Å². The van der Waals surface area contributed by atoms with Crippen molar-refractivity contribution in [1.29, 1.82) is 0 Å². The summed E-state index contributed by atoms with van der Waals surface area (Å²) in [4.78, 5) is 0.235. The van der Waals surface area contributed by atoms with E-state index in [9.17, 15) is 8.42 Å². The number of aryl methyl sites for hydroxylation is 2. The molecule has 0 fully saturated rings. The Morgan fingerprint density at radius 1 is 0.808 bits per heavy atom.